The van der Waals surface area contributed by atoms with E-state index in [2.05, 4.69) is 50.4 Å². The van der Waals surface area contributed by atoms with Crippen molar-refractivity contribution in [3.8, 4) is 11.3 Å². The molecule has 0 aliphatic carbocycles. The van der Waals surface area contributed by atoms with E-state index in [1.807, 2.05) is 43.3 Å². The number of carbonyl (C=O) groups excluding carboxylic acids is 1. The predicted molar refractivity (Wildman–Crippen MR) is 158 cm³/mol. The van der Waals surface area contributed by atoms with Crippen LogP contribution in [0.3, 0.4) is 0 Å². The van der Waals surface area contributed by atoms with Gasteiger partial charge in [0, 0.05) is 29.8 Å². The van der Waals surface area contributed by atoms with Crippen molar-refractivity contribution in [1.82, 2.24) is 24.6 Å². The molecule has 1 fully saturated rings. The van der Waals surface area contributed by atoms with Gasteiger partial charge in [-0.2, -0.15) is 5.10 Å². The summed E-state index contributed by atoms with van der Waals surface area (Å²) in [7, 11) is 0. The number of H-pyrrole nitrogens is 2. The molecule has 1 amide bonds. The van der Waals surface area contributed by atoms with Crippen molar-refractivity contribution in [3.05, 3.63) is 106 Å². The molecule has 0 unspecified atom stereocenters. The number of benzene rings is 2. The number of pyridine rings is 1. The van der Waals surface area contributed by atoms with Crippen molar-refractivity contribution in [3.63, 3.8) is 0 Å². The third-order valence-corrected chi connectivity index (χ3v) is 7.96. The highest BCUT2D eigenvalue weighted by molar-refractivity contribution is 6.04. The predicted octanol–water partition coefficient (Wildman–Crippen LogP) is 5.81. The molecule has 8 heteroatoms. The molecule has 1 aliphatic rings. The summed E-state index contributed by atoms with van der Waals surface area (Å²) < 4.78 is 1.77. The molecule has 40 heavy (non-hydrogen) atoms. The van der Waals surface area contributed by atoms with Crippen LogP contribution in [0.25, 0.3) is 22.2 Å². The fourth-order valence-electron chi connectivity index (χ4n) is 5.41. The molecule has 1 saturated heterocycles. The van der Waals surface area contributed by atoms with Crippen molar-refractivity contribution in [2.24, 2.45) is 5.92 Å². The Hall–Kier alpha value is -4.43. The number of likely N-dealkylation sites (tertiary alicyclic amines) is 1. The number of amides is 1. The van der Waals surface area contributed by atoms with Crippen LogP contribution < -0.4 is 10.9 Å². The molecule has 5 aromatic rings. The van der Waals surface area contributed by atoms with E-state index >= 15 is 0 Å². The van der Waals surface area contributed by atoms with Gasteiger partial charge in [-0.25, -0.2) is 0 Å². The highest BCUT2D eigenvalue weighted by Gasteiger charge is 2.17. The van der Waals surface area contributed by atoms with Crippen molar-refractivity contribution in [2.45, 2.75) is 39.3 Å². The van der Waals surface area contributed by atoms with Gasteiger partial charge < -0.3 is 15.3 Å². The molecule has 0 bridgehead atoms. The second-order valence-electron chi connectivity index (χ2n) is 10.9. The summed E-state index contributed by atoms with van der Waals surface area (Å²) in [6, 6.07) is 20.1. The van der Waals surface area contributed by atoms with Gasteiger partial charge >= 0.3 is 0 Å². The van der Waals surface area contributed by atoms with Gasteiger partial charge in [0.2, 0.25) is 0 Å². The first-order valence-electron chi connectivity index (χ1n) is 13.9. The maximum atomic E-state index is 13.0. The Kier molecular flexibility index (Phi) is 7.09. The van der Waals surface area contributed by atoms with Crippen LogP contribution in [0.5, 0.6) is 0 Å². The monoisotopic (exact) mass is 534 g/mol. The zero-order chi connectivity index (χ0) is 27.6. The van der Waals surface area contributed by atoms with Crippen LogP contribution in [0.2, 0.25) is 0 Å². The van der Waals surface area contributed by atoms with Gasteiger partial charge in [0.25, 0.3) is 11.5 Å². The molecule has 1 atom stereocenters. The molecule has 204 valence electrons. The third kappa shape index (κ3) is 5.49. The minimum atomic E-state index is -0.294. The van der Waals surface area contributed by atoms with E-state index in [9.17, 15) is 9.59 Å². The normalized spacial score (nSPS) is 15.3. The fraction of sp³-hybridized carbons (Fsp3) is 0.281. The first-order chi connectivity index (χ1) is 19.4. The minimum absolute atomic E-state index is 0.00601. The first-order valence-corrected chi connectivity index (χ1v) is 13.9. The van der Waals surface area contributed by atoms with Gasteiger partial charge in [-0.1, -0.05) is 43.3 Å². The van der Waals surface area contributed by atoms with Crippen molar-refractivity contribution in [2.75, 3.05) is 18.4 Å². The van der Waals surface area contributed by atoms with Crippen LogP contribution in [0.4, 0.5) is 5.69 Å². The van der Waals surface area contributed by atoms with E-state index in [1.165, 1.54) is 24.6 Å². The number of rotatable bonds is 7. The quantitative estimate of drug-likeness (QED) is 0.245. The average Bonchev–Trinajstić information content (AvgIpc) is 3.63. The molecule has 0 radical (unpaired) electrons. The summed E-state index contributed by atoms with van der Waals surface area (Å²) >= 11 is 0. The summed E-state index contributed by atoms with van der Waals surface area (Å²) in [5.41, 5.74) is 5.24. The first kappa shape index (κ1) is 25.8. The second kappa shape index (κ2) is 11.0. The SMILES string of the molecule is CC1CCN(Cc2ccc3[nH]c(-c4cc(NC(=O)c5cnn([C@@H](C)c6ccccc6)c5)c[nH]c4=O)cc3c2)CC1. The fourth-order valence-corrected chi connectivity index (χ4v) is 5.41. The van der Waals surface area contributed by atoms with Gasteiger partial charge in [-0.3, -0.25) is 19.2 Å². The lowest BCUT2D eigenvalue weighted by Crippen LogP contribution is -2.32. The van der Waals surface area contributed by atoms with Crippen LogP contribution in [-0.4, -0.2) is 43.6 Å². The van der Waals surface area contributed by atoms with Gasteiger partial charge in [0.15, 0.2) is 0 Å². The largest absolute Gasteiger partial charge is 0.354 e. The Morgan fingerprint density at radius 1 is 1.10 bits per heavy atom. The number of anilines is 1. The smallest absolute Gasteiger partial charge is 0.258 e. The number of piperidine rings is 1. The molecule has 6 rings (SSSR count). The molecular weight excluding hydrogens is 500 g/mol. The maximum absolute atomic E-state index is 13.0. The standard InChI is InChI=1S/C32H34N6O2/c1-21-10-12-37(13-11-21)19-23-8-9-29-25(14-23)15-30(36-29)28-16-27(18-33-32(28)40)35-31(39)26-17-34-38(20-26)22(2)24-6-4-3-5-7-24/h3-9,14-18,20-22,36H,10-13,19H2,1-2H3,(H,33,40)(H,35,39)/t22-/m0/s1. The van der Waals surface area contributed by atoms with Gasteiger partial charge in [0.05, 0.1) is 34.7 Å². The van der Waals surface area contributed by atoms with Gasteiger partial charge in [0.1, 0.15) is 0 Å². The van der Waals surface area contributed by atoms with Crippen molar-refractivity contribution >= 4 is 22.5 Å². The molecule has 0 saturated carbocycles. The van der Waals surface area contributed by atoms with Crippen LogP contribution in [0, 0.1) is 5.92 Å². The van der Waals surface area contributed by atoms with Crippen LogP contribution in [0.15, 0.2) is 84.0 Å². The molecule has 4 heterocycles. The lowest BCUT2D eigenvalue weighted by atomic mass is 9.99. The number of hydrogen-bond acceptors (Lipinski definition) is 4. The van der Waals surface area contributed by atoms with Crippen LogP contribution in [0.1, 0.15) is 54.2 Å². The van der Waals surface area contributed by atoms with E-state index < -0.39 is 0 Å². The Bertz CT molecular complexity index is 1690. The molecule has 3 N–H and O–H groups in total. The molecule has 2 aromatic carbocycles. The number of nitrogens with zero attached hydrogens (tertiary/aromatic N) is 3. The van der Waals surface area contributed by atoms with Crippen molar-refractivity contribution in [1.29, 1.82) is 0 Å². The summed E-state index contributed by atoms with van der Waals surface area (Å²) in [6.45, 7) is 7.58. The minimum Gasteiger partial charge on any atom is -0.354 e. The van der Waals surface area contributed by atoms with Gasteiger partial charge in [-0.15, -0.1) is 0 Å². The summed E-state index contributed by atoms with van der Waals surface area (Å²) in [4.78, 5) is 34.4. The number of nitrogens with one attached hydrogen (secondary N) is 3. The lowest BCUT2D eigenvalue weighted by Gasteiger charge is -2.30. The average molecular weight is 535 g/mol. The van der Waals surface area contributed by atoms with E-state index in [4.69, 9.17) is 0 Å². The van der Waals surface area contributed by atoms with Gasteiger partial charge in [-0.05, 0) is 74.2 Å². The number of fused-ring (bicyclic) bond motifs is 1. The molecule has 1 aliphatic heterocycles. The maximum Gasteiger partial charge on any atom is 0.258 e. The Labute approximate surface area is 233 Å². The number of carbonyl (C=O) groups is 1. The van der Waals surface area contributed by atoms with Crippen LogP contribution >= 0.6 is 0 Å². The third-order valence-electron chi connectivity index (χ3n) is 7.96. The van der Waals surface area contributed by atoms with E-state index in [0.29, 0.717) is 22.5 Å². The Morgan fingerprint density at radius 2 is 1.90 bits per heavy atom. The molecular formula is C32H34N6O2. The topological polar surface area (TPSA) is 98.8 Å². The number of aromatic nitrogens is 4. The zero-order valence-electron chi connectivity index (χ0n) is 22.9. The van der Waals surface area contributed by atoms with E-state index in [1.54, 1.807) is 23.1 Å². The highest BCUT2D eigenvalue weighted by Crippen LogP contribution is 2.26. The summed E-state index contributed by atoms with van der Waals surface area (Å²) in [5.74, 6) is 0.517. The van der Waals surface area contributed by atoms with Crippen molar-refractivity contribution < 1.29 is 4.79 Å². The Balaban J connectivity index is 1.18. The molecule has 8 nitrogen and oxygen atoms in total. The summed E-state index contributed by atoms with van der Waals surface area (Å²) in [6.07, 6.45) is 7.31. The summed E-state index contributed by atoms with van der Waals surface area (Å²) in [5, 5.41) is 8.35. The molecule has 3 aromatic heterocycles. The second-order valence-corrected chi connectivity index (χ2v) is 10.9. The van der Waals surface area contributed by atoms with E-state index in [0.717, 1.165) is 42.0 Å². The molecule has 0 spiro atoms. The van der Waals surface area contributed by atoms with Crippen LogP contribution in [-0.2, 0) is 6.54 Å². The lowest BCUT2D eigenvalue weighted by molar-refractivity contribution is 0.102. The highest BCUT2D eigenvalue weighted by atomic mass is 16.1. The Morgan fingerprint density at radius 3 is 2.70 bits per heavy atom. The number of aromatic amines is 2. The zero-order valence-corrected chi connectivity index (χ0v) is 22.9. The van der Waals surface area contributed by atoms with E-state index in [-0.39, 0.29) is 17.5 Å². The number of hydrogen-bond donors (Lipinski definition) is 3.